The molecule has 0 saturated heterocycles. The zero-order valence-corrected chi connectivity index (χ0v) is 12.9. The second-order valence-corrected chi connectivity index (χ2v) is 5.06. The number of carbonyl (C=O) groups is 1. The third kappa shape index (κ3) is 3.86. The standard InChI is InChI=1S/C13H25N5O2/c1-9(2)18-13(12(14)10(3)16-18)17(4)8-11(19)15-6-7-20-5/h9H,6-8,14H2,1-5H3,(H,15,19). The number of carbonyl (C=O) groups excluding carboxylic acids is 1. The molecule has 0 atom stereocenters. The summed E-state index contributed by atoms with van der Waals surface area (Å²) >= 11 is 0. The normalized spacial score (nSPS) is 10.9. The van der Waals surface area contributed by atoms with Gasteiger partial charge in [-0.05, 0) is 20.8 Å². The number of methoxy groups -OCH3 is 1. The molecule has 1 heterocycles. The first-order chi connectivity index (χ1) is 9.38. The number of aryl methyl sites for hydroxylation is 1. The molecule has 7 nitrogen and oxygen atoms in total. The molecule has 1 aromatic heterocycles. The molecular formula is C13H25N5O2. The molecule has 114 valence electrons. The maximum absolute atomic E-state index is 11.8. The monoisotopic (exact) mass is 283 g/mol. The van der Waals surface area contributed by atoms with Crippen molar-refractivity contribution in [3.05, 3.63) is 5.69 Å². The Morgan fingerprint density at radius 1 is 1.55 bits per heavy atom. The Balaban J connectivity index is 2.76. The molecule has 1 rings (SSSR count). The molecule has 0 unspecified atom stereocenters. The fourth-order valence-electron chi connectivity index (χ4n) is 1.93. The van der Waals surface area contributed by atoms with E-state index in [1.807, 2.05) is 37.4 Å². The first-order valence-corrected chi connectivity index (χ1v) is 6.69. The highest BCUT2D eigenvalue weighted by molar-refractivity contribution is 5.82. The van der Waals surface area contributed by atoms with E-state index in [9.17, 15) is 4.79 Å². The van der Waals surface area contributed by atoms with E-state index in [1.165, 1.54) is 0 Å². The summed E-state index contributed by atoms with van der Waals surface area (Å²) in [5, 5.41) is 7.19. The number of anilines is 2. The van der Waals surface area contributed by atoms with E-state index in [0.29, 0.717) is 18.8 Å². The molecule has 0 bridgehead atoms. The number of aromatic nitrogens is 2. The molecule has 7 heteroatoms. The summed E-state index contributed by atoms with van der Waals surface area (Å²) in [6.07, 6.45) is 0. The summed E-state index contributed by atoms with van der Waals surface area (Å²) < 4.78 is 6.73. The van der Waals surface area contributed by atoms with Crippen molar-refractivity contribution in [1.82, 2.24) is 15.1 Å². The Labute approximate surface area is 120 Å². The number of amides is 1. The van der Waals surface area contributed by atoms with Crippen molar-refractivity contribution in [2.75, 3.05) is 44.5 Å². The number of nitrogens with zero attached hydrogens (tertiary/aromatic N) is 3. The molecule has 0 aliphatic rings. The minimum Gasteiger partial charge on any atom is -0.394 e. The molecule has 3 N–H and O–H groups in total. The van der Waals surface area contributed by atoms with Crippen LogP contribution in [0.25, 0.3) is 0 Å². The Morgan fingerprint density at radius 2 is 2.20 bits per heavy atom. The average molecular weight is 283 g/mol. The van der Waals surface area contributed by atoms with Gasteiger partial charge in [0.05, 0.1) is 24.5 Å². The SMILES string of the molecule is COCCNC(=O)CN(C)c1c(N)c(C)nn1C(C)C. The van der Waals surface area contributed by atoms with Gasteiger partial charge in [0.1, 0.15) is 0 Å². The van der Waals surface area contributed by atoms with E-state index < -0.39 is 0 Å². The van der Waals surface area contributed by atoms with Gasteiger partial charge < -0.3 is 20.7 Å². The molecular weight excluding hydrogens is 258 g/mol. The Kier molecular flexibility index (Phi) is 5.82. The lowest BCUT2D eigenvalue weighted by molar-refractivity contribution is -0.119. The fraction of sp³-hybridized carbons (Fsp3) is 0.692. The number of nitrogen functional groups attached to an aromatic ring is 1. The van der Waals surface area contributed by atoms with Crippen LogP contribution < -0.4 is 16.0 Å². The van der Waals surface area contributed by atoms with Crippen LogP contribution >= 0.6 is 0 Å². The number of ether oxygens (including phenoxy) is 1. The summed E-state index contributed by atoms with van der Waals surface area (Å²) in [5.74, 6) is 0.706. The van der Waals surface area contributed by atoms with Gasteiger partial charge in [-0.2, -0.15) is 5.10 Å². The molecule has 0 radical (unpaired) electrons. The van der Waals surface area contributed by atoms with Crippen LogP contribution in [0.5, 0.6) is 0 Å². The number of likely N-dealkylation sites (N-methyl/N-ethyl adjacent to an activating group) is 1. The zero-order valence-electron chi connectivity index (χ0n) is 12.9. The van der Waals surface area contributed by atoms with Crippen LogP contribution in [0.1, 0.15) is 25.6 Å². The Morgan fingerprint density at radius 3 is 2.75 bits per heavy atom. The van der Waals surface area contributed by atoms with Gasteiger partial charge in [-0.3, -0.25) is 4.79 Å². The predicted molar refractivity (Wildman–Crippen MR) is 79.9 cm³/mol. The smallest absolute Gasteiger partial charge is 0.239 e. The highest BCUT2D eigenvalue weighted by Gasteiger charge is 2.19. The lowest BCUT2D eigenvalue weighted by Crippen LogP contribution is -2.37. The summed E-state index contributed by atoms with van der Waals surface area (Å²) in [6.45, 7) is 7.15. The van der Waals surface area contributed by atoms with Crippen molar-refractivity contribution < 1.29 is 9.53 Å². The molecule has 0 fully saturated rings. The van der Waals surface area contributed by atoms with E-state index in [2.05, 4.69) is 10.4 Å². The second kappa shape index (κ2) is 7.14. The fourth-order valence-corrected chi connectivity index (χ4v) is 1.93. The third-order valence-corrected chi connectivity index (χ3v) is 2.97. The van der Waals surface area contributed by atoms with Gasteiger partial charge in [0.2, 0.25) is 5.91 Å². The van der Waals surface area contributed by atoms with E-state index in [1.54, 1.807) is 7.11 Å². The third-order valence-electron chi connectivity index (χ3n) is 2.97. The molecule has 0 spiro atoms. The van der Waals surface area contributed by atoms with Crippen LogP contribution in [0.15, 0.2) is 0 Å². The van der Waals surface area contributed by atoms with Crippen molar-refractivity contribution >= 4 is 17.4 Å². The second-order valence-electron chi connectivity index (χ2n) is 5.06. The Bertz CT molecular complexity index is 456. The van der Waals surface area contributed by atoms with Gasteiger partial charge in [0, 0.05) is 26.7 Å². The van der Waals surface area contributed by atoms with Gasteiger partial charge in [-0.15, -0.1) is 0 Å². The topological polar surface area (TPSA) is 85.4 Å². The maximum atomic E-state index is 11.8. The van der Waals surface area contributed by atoms with Gasteiger partial charge in [0.15, 0.2) is 5.82 Å². The largest absolute Gasteiger partial charge is 0.394 e. The lowest BCUT2D eigenvalue weighted by atomic mass is 10.3. The number of hydrogen-bond acceptors (Lipinski definition) is 5. The molecule has 1 aromatic rings. The zero-order chi connectivity index (χ0) is 15.3. The molecule has 0 aromatic carbocycles. The van der Waals surface area contributed by atoms with E-state index in [0.717, 1.165) is 11.5 Å². The van der Waals surface area contributed by atoms with Crippen molar-refractivity contribution in [3.63, 3.8) is 0 Å². The number of hydrogen-bond donors (Lipinski definition) is 2. The van der Waals surface area contributed by atoms with Crippen molar-refractivity contribution in [2.45, 2.75) is 26.8 Å². The Hall–Kier alpha value is -1.76. The molecule has 1 amide bonds. The number of nitrogens with one attached hydrogen (secondary N) is 1. The van der Waals surface area contributed by atoms with E-state index >= 15 is 0 Å². The highest BCUT2D eigenvalue weighted by Crippen LogP contribution is 2.28. The lowest BCUT2D eigenvalue weighted by Gasteiger charge is -2.22. The predicted octanol–water partition coefficient (Wildman–Crippen LogP) is 0.553. The quantitative estimate of drug-likeness (QED) is 0.714. The van der Waals surface area contributed by atoms with Crippen LogP contribution in [0.2, 0.25) is 0 Å². The van der Waals surface area contributed by atoms with E-state index in [-0.39, 0.29) is 18.5 Å². The van der Waals surface area contributed by atoms with E-state index in [4.69, 9.17) is 10.5 Å². The van der Waals surface area contributed by atoms with Crippen LogP contribution in [0.3, 0.4) is 0 Å². The van der Waals surface area contributed by atoms with Crippen LogP contribution in [0.4, 0.5) is 11.5 Å². The average Bonchev–Trinajstić information content (AvgIpc) is 2.66. The first-order valence-electron chi connectivity index (χ1n) is 6.69. The molecule has 0 saturated carbocycles. The van der Waals surface area contributed by atoms with Crippen molar-refractivity contribution in [2.24, 2.45) is 0 Å². The minimum absolute atomic E-state index is 0.0712. The van der Waals surface area contributed by atoms with Gasteiger partial charge in [-0.1, -0.05) is 0 Å². The van der Waals surface area contributed by atoms with Crippen molar-refractivity contribution in [3.8, 4) is 0 Å². The van der Waals surface area contributed by atoms with Crippen molar-refractivity contribution in [1.29, 1.82) is 0 Å². The van der Waals surface area contributed by atoms with Gasteiger partial charge in [0.25, 0.3) is 0 Å². The maximum Gasteiger partial charge on any atom is 0.239 e. The highest BCUT2D eigenvalue weighted by atomic mass is 16.5. The van der Waals surface area contributed by atoms with Crippen LogP contribution in [-0.2, 0) is 9.53 Å². The number of rotatable bonds is 7. The van der Waals surface area contributed by atoms with Gasteiger partial charge >= 0.3 is 0 Å². The summed E-state index contributed by atoms with van der Waals surface area (Å²) in [7, 11) is 3.44. The number of nitrogens with two attached hydrogens (primary N) is 1. The molecule has 0 aliphatic carbocycles. The molecule has 0 aliphatic heterocycles. The minimum atomic E-state index is -0.0712. The molecule has 20 heavy (non-hydrogen) atoms. The van der Waals surface area contributed by atoms with Crippen LogP contribution in [-0.4, -0.2) is 49.5 Å². The first kappa shape index (κ1) is 16.3. The summed E-state index contributed by atoms with van der Waals surface area (Å²) in [6, 6.07) is 0.181. The van der Waals surface area contributed by atoms with Gasteiger partial charge in [-0.25, -0.2) is 4.68 Å². The summed E-state index contributed by atoms with van der Waals surface area (Å²) in [5.41, 5.74) is 7.46. The summed E-state index contributed by atoms with van der Waals surface area (Å²) in [4.78, 5) is 13.6. The van der Waals surface area contributed by atoms with Crippen LogP contribution in [0, 0.1) is 6.92 Å².